The van der Waals surface area contributed by atoms with Crippen LogP contribution in [0.1, 0.15) is 43.9 Å². The summed E-state index contributed by atoms with van der Waals surface area (Å²) in [6, 6.07) is 7.26. The molecule has 0 saturated carbocycles. The van der Waals surface area contributed by atoms with Gasteiger partial charge in [-0.25, -0.2) is 0 Å². The molecule has 1 unspecified atom stereocenters. The summed E-state index contributed by atoms with van der Waals surface area (Å²) in [6.45, 7) is 6.65. The minimum Gasteiger partial charge on any atom is -0.463 e. The van der Waals surface area contributed by atoms with Crippen molar-refractivity contribution in [3.8, 4) is 0 Å². The van der Waals surface area contributed by atoms with E-state index in [9.17, 15) is 14.4 Å². The number of nitrogens with one attached hydrogen (secondary N) is 1. The summed E-state index contributed by atoms with van der Waals surface area (Å²) in [5.41, 5.74) is 1.96. The average Bonchev–Trinajstić information content (AvgIpc) is 2.97. The van der Waals surface area contributed by atoms with Gasteiger partial charge in [-0.15, -0.1) is 0 Å². The summed E-state index contributed by atoms with van der Waals surface area (Å²) < 4.78 is 5.22. The van der Waals surface area contributed by atoms with E-state index < -0.39 is 6.04 Å². The molecule has 1 saturated heterocycles. The molecule has 1 aromatic rings. The largest absolute Gasteiger partial charge is 0.463 e. The van der Waals surface area contributed by atoms with Crippen LogP contribution in [0.5, 0.6) is 0 Å². The number of benzene rings is 1. The van der Waals surface area contributed by atoms with E-state index in [1.807, 2.05) is 31.2 Å². The molecule has 1 atom stereocenters. The third kappa shape index (κ3) is 6.37. The first-order valence-electron chi connectivity index (χ1n) is 8.82. The molecular formula is C19H26N2O4S. The molecule has 1 aliphatic heterocycles. The Bertz CT molecular complexity index is 645. The summed E-state index contributed by atoms with van der Waals surface area (Å²) in [5, 5.41) is 2.93. The molecule has 142 valence electrons. The molecule has 1 aliphatic rings. The Balaban J connectivity index is 1.97. The van der Waals surface area contributed by atoms with Crippen LogP contribution < -0.4 is 5.32 Å². The van der Waals surface area contributed by atoms with E-state index in [1.165, 1.54) is 11.8 Å². The molecule has 6 nitrogen and oxygen atoms in total. The lowest BCUT2D eigenvalue weighted by molar-refractivity contribution is -0.148. The highest BCUT2D eigenvalue weighted by molar-refractivity contribution is 8.13. The summed E-state index contributed by atoms with van der Waals surface area (Å²) in [6.07, 6.45) is 0.0925. The molecule has 1 N–H and O–H groups in total. The number of ether oxygens (including phenoxy) is 1. The molecule has 0 radical (unpaired) electrons. The Labute approximate surface area is 158 Å². The number of aryl methyl sites for hydroxylation is 1. The quantitative estimate of drug-likeness (QED) is 0.704. The normalized spacial score (nSPS) is 15.2. The van der Waals surface area contributed by atoms with Crippen LogP contribution >= 0.6 is 11.8 Å². The number of esters is 1. The van der Waals surface area contributed by atoms with Crippen molar-refractivity contribution in [2.24, 2.45) is 0 Å². The monoisotopic (exact) mass is 378 g/mol. The zero-order chi connectivity index (χ0) is 19.1. The van der Waals surface area contributed by atoms with Crippen molar-refractivity contribution in [2.45, 2.75) is 45.8 Å². The van der Waals surface area contributed by atoms with Gasteiger partial charge in [0.15, 0.2) is 0 Å². The van der Waals surface area contributed by atoms with Crippen LogP contribution in [0.4, 0.5) is 4.79 Å². The van der Waals surface area contributed by atoms with Crippen molar-refractivity contribution in [3.63, 3.8) is 0 Å². The molecular weight excluding hydrogens is 352 g/mol. The van der Waals surface area contributed by atoms with Crippen LogP contribution in [0.2, 0.25) is 0 Å². The van der Waals surface area contributed by atoms with Crippen LogP contribution in [0.15, 0.2) is 24.3 Å². The van der Waals surface area contributed by atoms with Crippen molar-refractivity contribution in [1.82, 2.24) is 10.2 Å². The number of hydrogen-bond donors (Lipinski definition) is 1. The Morgan fingerprint density at radius 2 is 1.96 bits per heavy atom. The maximum absolute atomic E-state index is 12.4. The SMILES string of the molecule is Cc1ccc(C(CC(=O)OC(C)C)NC(=O)CCN2CCSC2=O)cc1. The summed E-state index contributed by atoms with van der Waals surface area (Å²) in [5.74, 6) is 0.239. The second kappa shape index (κ2) is 9.62. The van der Waals surface area contributed by atoms with Crippen LogP contribution in [-0.2, 0) is 14.3 Å². The van der Waals surface area contributed by atoms with Gasteiger partial charge in [-0.3, -0.25) is 14.4 Å². The fourth-order valence-corrected chi connectivity index (χ4v) is 3.51. The average molecular weight is 378 g/mol. The van der Waals surface area contributed by atoms with Gasteiger partial charge in [0.25, 0.3) is 5.24 Å². The summed E-state index contributed by atoms with van der Waals surface area (Å²) in [4.78, 5) is 37.7. The van der Waals surface area contributed by atoms with Crippen LogP contribution in [0.25, 0.3) is 0 Å². The number of rotatable bonds is 8. The van der Waals surface area contributed by atoms with E-state index in [0.717, 1.165) is 16.9 Å². The Morgan fingerprint density at radius 3 is 2.54 bits per heavy atom. The van der Waals surface area contributed by atoms with Gasteiger partial charge >= 0.3 is 5.97 Å². The van der Waals surface area contributed by atoms with Gasteiger partial charge in [-0.2, -0.15) is 0 Å². The fraction of sp³-hybridized carbons (Fsp3) is 0.526. The molecule has 0 aromatic heterocycles. The molecule has 1 fully saturated rings. The Hall–Kier alpha value is -2.02. The second-order valence-corrected chi connectivity index (χ2v) is 7.67. The van der Waals surface area contributed by atoms with Gasteiger partial charge in [0.1, 0.15) is 0 Å². The maximum Gasteiger partial charge on any atom is 0.308 e. The highest BCUT2D eigenvalue weighted by atomic mass is 32.2. The van der Waals surface area contributed by atoms with Crippen molar-refractivity contribution >= 4 is 28.9 Å². The molecule has 2 rings (SSSR count). The lowest BCUT2D eigenvalue weighted by Crippen LogP contribution is -2.34. The van der Waals surface area contributed by atoms with Gasteiger partial charge in [0, 0.05) is 25.3 Å². The first-order valence-corrected chi connectivity index (χ1v) is 9.81. The number of amides is 2. The number of nitrogens with zero attached hydrogens (tertiary/aromatic N) is 1. The highest BCUT2D eigenvalue weighted by Crippen LogP contribution is 2.20. The molecule has 1 heterocycles. The predicted octanol–water partition coefficient (Wildman–Crippen LogP) is 3.05. The maximum atomic E-state index is 12.4. The number of carbonyl (C=O) groups is 3. The standard InChI is InChI=1S/C19H26N2O4S/c1-13(2)25-18(23)12-16(15-6-4-14(3)5-7-15)20-17(22)8-9-21-10-11-26-19(21)24/h4-7,13,16H,8-12H2,1-3H3,(H,20,22). The van der Waals surface area contributed by atoms with Crippen LogP contribution in [-0.4, -0.2) is 47.0 Å². The zero-order valence-electron chi connectivity index (χ0n) is 15.5. The van der Waals surface area contributed by atoms with E-state index >= 15 is 0 Å². The number of hydrogen-bond acceptors (Lipinski definition) is 5. The van der Waals surface area contributed by atoms with E-state index in [-0.39, 0.29) is 36.1 Å². The first-order chi connectivity index (χ1) is 12.3. The van der Waals surface area contributed by atoms with Crippen molar-refractivity contribution in [2.75, 3.05) is 18.8 Å². The minimum absolute atomic E-state index is 0.0217. The van der Waals surface area contributed by atoms with Gasteiger partial charge in [-0.05, 0) is 26.3 Å². The Kier molecular flexibility index (Phi) is 7.50. The number of thioether (sulfide) groups is 1. The minimum atomic E-state index is -0.446. The molecule has 26 heavy (non-hydrogen) atoms. The zero-order valence-corrected chi connectivity index (χ0v) is 16.3. The topological polar surface area (TPSA) is 75.7 Å². The summed E-state index contributed by atoms with van der Waals surface area (Å²) in [7, 11) is 0. The van der Waals surface area contributed by atoms with Crippen LogP contribution in [0.3, 0.4) is 0 Å². The van der Waals surface area contributed by atoms with E-state index in [1.54, 1.807) is 18.7 Å². The smallest absolute Gasteiger partial charge is 0.308 e. The molecule has 2 amide bonds. The van der Waals surface area contributed by atoms with Crippen molar-refractivity contribution in [1.29, 1.82) is 0 Å². The van der Waals surface area contributed by atoms with Gasteiger partial charge < -0.3 is 15.0 Å². The number of carbonyl (C=O) groups excluding carboxylic acids is 3. The van der Waals surface area contributed by atoms with Crippen molar-refractivity contribution in [3.05, 3.63) is 35.4 Å². The lowest BCUT2D eigenvalue weighted by Gasteiger charge is -2.21. The highest BCUT2D eigenvalue weighted by Gasteiger charge is 2.23. The van der Waals surface area contributed by atoms with E-state index in [4.69, 9.17) is 4.74 Å². The molecule has 0 spiro atoms. The molecule has 0 bridgehead atoms. The van der Waals surface area contributed by atoms with Crippen molar-refractivity contribution < 1.29 is 19.1 Å². The molecule has 7 heteroatoms. The van der Waals surface area contributed by atoms with Gasteiger partial charge in [0.2, 0.25) is 5.91 Å². The molecule has 1 aromatic carbocycles. The van der Waals surface area contributed by atoms with Gasteiger partial charge in [-0.1, -0.05) is 41.6 Å². The van der Waals surface area contributed by atoms with E-state index in [0.29, 0.717) is 13.1 Å². The second-order valence-electron chi connectivity index (χ2n) is 6.62. The fourth-order valence-electron chi connectivity index (χ4n) is 2.66. The van der Waals surface area contributed by atoms with E-state index in [2.05, 4.69) is 5.32 Å². The van der Waals surface area contributed by atoms with Crippen LogP contribution in [0, 0.1) is 6.92 Å². The van der Waals surface area contributed by atoms with Gasteiger partial charge in [0.05, 0.1) is 18.6 Å². The Morgan fingerprint density at radius 1 is 1.27 bits per heavy atom. The lowest BCUT2D eigenvalue weighted by atomic mass is 10.0. The first kappa shape index (κ1) is 20.3. The summed E-state index contributed by atoms with van der Waals surface area (Å²) >= 11 is 1.28. The third-order valence-corrected chi connectivity index (χ3v) is 4.90. The predicted molar refractivity (Wildman–Crippen MR) is 102 cm³/mol. The third-order valence-electron chi connectivity index (χ3n) is 4.01. The molecule has 0 aliphatic carbocycles.